The van der Waals surface area contributed by atoms with Crippen molar-refractivity contribution >= 4 is 5.84 Å². The van der Waals surface area contributed by atoms with E-state index in [0.29, 0.717) is 0 Å². The lowest BCUT2D eigenvalue weighted by molar-refractivity contribution is 0.266. The molecule has 2 nitrogen and oxygen atoms in total. The van der Waals surface area contributed by atoms with Crippen molar-refractivity contribution in [3.8, 4) is 0 Å². The van der Waals surface area contributed by atoms with Gasteiger partial charge in [0.2, 0.25) is 0 Å². The zero-order valence-electron chi connectivity index (χ0n) is 7.84. The summed E-state index contributed by atoms with van der Waals surface area (Å²) in [5.74, 6) is 2.21. The average molecular weight is 166 g/mol. The summed E-state index contributed by atoms with van der Waals surface area (Å²) in [5.41, 5.74) is 0. The Kier molecular flexibility index (Phi) is 2.33. The van der Waals surface area contributed by atoms with Crippen molar-refractivity contribution in [3.05, 3.63) is 0 Å². The van der Waals surface area contributed by atoms with Gasteiger partial charge in [0.05, 0.1) is 5.84 Å². The molecule has 68 valence electrons. The molecule has 0 radical (unpaired) electrons. The monoisotopic (exact) mass is 166 g/mol. The molecule has 1 fully saturated rings. The van der Waals surface area contributed by atoms with Crippen molar-refractivity contribution in [2.45, 2.75) is 45.1 Å². The van der Waals surface area contributed by atoms with Gasteiger partial charge in [-0.1, -0.05) is 6.92 Å². The molecule has 0 saturated heterocycles. The summed E-state index contributed by atoms with van der Waals surface area (Å²) < 4.78 is 0. The van der Waals surface area contributed by atoms with E-state index in [1.54, 1.807) is 0 Å². The third kappa shape index (κ3) is 1.79. The van der Waals surface area contributed by atoms with Crippen LogP contribution in [0.15, 0.2) is 4.99 Å². The summed E-state index contributed by atoms with van der Waals surface area (Å²) in [5, 5.41) is 3.54. The van der Waals surface area contributed by atoms with Crippen molar-refractivity contribution in [1.82, 2.24) is 5.32 Å². The maximum absolute atomic E-state index is 4.48. The van der Waals surface area contributed by atoms with Crippen LogP contribution < -0.4 is 5.32 Å². The van der Waals surface area contributed by atoms with E-state index in [1.165, 1.54) is 37.9 Å². The molecule has 1 aliphatic heterocycles. The first-order chi connectivity index (χ1) is 5.84. The third-order valence-electron chi connectivity index (χ3n) is 2.87. The van der Waals surface area contributed by atoms with Crippen LogP contribution in [0.3, 0.4) is 0 Å². The molecule has 12 heavy (non-hydrogen) atoms. The van der Waals surface area contributed by atoms with Crippen LogP contribution >= 0.6 is 0 Å². The predicted octanol–water partition coefficient (Wildman–Crippen LogP) is 1.96. The van der Waals surface area contributed by atoms with Gasteiger partial charge in [-0.25, -0.2) is 0 Å². The first-order valence-corrected chi connectivity index (χ1v) is 5.14. The van der Waals surface area contributed by atoms with Crippen molar-refractivity contribution in [2.75, 3.05) is 6.54 Å². The van der Waals surface area contributed by atoms with E-state index in [1.807, 2.05) is 0 Å². The lowest BCUT2D eigenvalue weighted by Crippen LogP contribution is -2.44. The number of amidine groups is 1. The molecule has 0 atom stereocenters. The molecule has 2 rings (SSSR count). The molecule has 0 unspecified atom stereocenters. The van der Waals surface area contributed by atoms with Gasteiger partial charge in [0.25, 0.3) is 0 Å². The average Bonchev–Trinajstić information content (AvgIpc) is 2.04. The summed E-state index contributed by atoms with van der Waals surface area (Å²) in [4.78, 5) is 4.48. The van der Waals surface area contributed by atoms with Gasteiger partial charge in [-0.15, -0.1) is 0 Å². The van der Waals surface area contributed by atoms with Crippen molar-refractivity contribution in [2.24, 2.45) is 10.9 Å². The summed E-state index contributed by atoms with van der Waals surface area (Å²) in [6.45, 7) is 3.37. The second-order valence-corrected chi connectivity index (χ2v) is 4.20. The largest absolute Gasteiger partial charge is 0.371 e. The zero-order valence-corrected chi connectivity index (χ0v) is 7.84. The summed E-state index contributed by atoms with van der Waals surface area (Å²) in [6, 6.07) is 0.747. The highest BCUT2D eigenvalue weighted by Crippen LogP contribution is 2.26. The van der Waals surface area contributed by atoms with Crippen LogP contribution in [0.4, 0.5) is 0 Å². The minimum absolute atomic E-state index is 0.747. The van der Waals surface area contributed by atoms with Crippen LogP contribution in [-0.2, 0) is 0 Å². The Morgan fingerprint density at radius 2 is 2.17 bits per heavy atom. The summed E-state index contributed by atoms with van der Waals surface area (Å²) >= 11 is 0. The van der Waals surface area contributed by atoms with Crippen molar-refractivity contribution in [1.29, 1.82) is 0 Å². The third-order valence-corrected chi connectivity index (χ3v) is 2.87. The smallest absolute Gasteiger partial charge is 0.0965 e. The van der Waals surface area contributed by atoms with Crippen LogP contribution in [0.5, 0.6) is 0 Å². The van der Waals surface area contributed by atoms with Gasteiger partial charge < -0.3 is 5.32 Å². The molecule has 0 aromatic heterocycles. The van der Waals surface area contributed by atoms with Crippen LogP contribution in [0, 0.1) is 5.92 Å². The van der Waals surface area contributed by atoms with Gasteiger partial charge in [-0.3, -0.25) is 4.99 Å². The molecule has 0 aromatic carbocycles. The number of aliphatic imine (C=N–C) groups is 1. The molecule has 2 heteroatoms. The van der Waals surface area contributed by atoms with Gasteiger partial charge >= 0.3 is 0 Å². The van der Waals surface area contributed by atoms with E-state index in [-0.39, 0.29) is 0 Å². The first-order valence-electron chi connectivity index (χ1n) is 5.14. The summed E-state index contributed by atoms with van der Waals surface area (Å²) in [6.07, 6.45) is 6.49. The molecule has 1 aliphatic carbocycles. The molecule has 0 amide bonds. The zero-order chi connectivity index (χ0) is 8.39. The minimum atomic E-state index is 0.747. The SMILES string of the molecule is CC1CC(NC2=NCCCC2)C1. The Labute approximate surface area is 74.5 Å². The molecule has 2 aliphatic rings. The molecule has 0 bridgehead atoms. The highest BCUT2D eigenvalue weighted by Gasteiger charge is 2.25. The fourth-order valence-electron chi connectivity index (χ4n) is 2.07. The number of hydrogen-bond donors (Lipinski definition) is 1. The van der Waals surface area contributed by atoms with E-state index < -0.39 is 0 Å². The van der Waals surface area contributed by atoms with Gasteiger partial charge in [0.1, 0.15) is 0 Å². The molecule has 1 saturated carbocycles. The van der Waals surface area contributed by atoms with Crippen LogP contribution in [0.1, 0.15) is 39.0 Å². The maximum atomic E-state index is 4.48. The topological polar surface area (TPSA) is 24.4 Å². The lowest BCUT2D eigenvalue weighted by Gasteiger charge is -2.34. The Morgan fingerprint density at radius 1 is 1.33 bits per heavy atom. The molecular formula is C10H18N2. The van der Waals surface area contributed by atoms with Gasteiger partial charge in [0.15, 0.2) is 0 Å². The number of hydrogen-bond acceptors (Lipinski definition) is 2. The van der Waals surface area contributed by atoms with E-state index in [4.69, 9.17) is 0 Å². The fraction of sp³-hybridized carbons (Fsp3) is 0.900. The number of nitrogens with one attached hydrogen (secondary N) is 1. The van der Waals surface area contributed by atoms with Gasteiger partial charge in [-0.05, 0) is 31.6 Å². The fourth-order valence-corrected chi connectivity index (χ4v) is 2.07. The molecule has 1 heterocycles. The second-order valence-electron chi connectivity index (χ2n) is 4.20. The number of rotatable bonds is 1. The summed E-state index contributed by atoms with van der Waals surface area (Å²) in [7, 11) is 0. The van der Waals surface area contributed by atoms with E-state index in [0.717, 1.165) is 18.5 Å². The Morgan fingerprint density at radius 3 is 2.75 bits per heavy atom. The van der Waals surface area contributed by atoms with Crippen LogP contribution in [0.2, 0.25) is 0 Å². The van der Waals surface area contributed by atoms with E-state index in [9.17, 15) is 0 Å². The van der Waals surface area contributed by atoms with Crippen molar-refractivity contribution in [3.63, 3.8) is 0 Å². The highest BCUT2D eigenvalue weighted by atomic mass is 15.0. The number of nitrogens with zero attached hydrogens (tertiary/aromatic N) is 1. The van der Waals surface area contributed by atoms with Crippen molar-refractivity contribution < 1.29 is 0 Å². The predicted molar refractivity (Wildman–Crippen MR) is 51.5 cm³/mol. The second kappa shape index (κ2) is 3.46. The Bertz CT molecular complexity index is 180. The quantitative estimate of drug-likeness (QED) is 0.632. The van der Waals surface area contributed by atoms with Crippen LogP contribution in [0.25, 0.3) is 0 Å². The minimum Gasteiger partial charge on any atom is -0.371 e. The Balaban J connectivity index is 1.75. The normalized spacial score (nSPS) is 35.2. The molecule has 0 spiro atoms. The van der Waals surface area contributed by atoms with E-state index >= 15 is 0 Å². The van der Waals surface area contributed by atoms with E-state index in [2.05, 4.69) is 17.2 Å². The van der Waals surface area contributed by atoms with Crippen LogP contribution in [-0.4, -0.2) is 18.4 Å². The first kappa shape index (κ1) is 8.09. The highest BCUT2D eigenvalue weighted by molar-refractivity contribution is 5.83. The standard InChI is InChI=1S/C10H18N2/c1-8-6-9(7-8)12-10-4-2-3-5-11-10/h8-9H,2-7H2,1H3,(H,11,12). The lowest BCUT2D eigenvalue weighted by atomic mass is 9.82. The molecular weight excluding hydrogens is 148 g/mol. The molecule has 1 N–H and O–H groups in total. The van der Waals surface area contributed by atoms with Gasteiger partial charge in [0, 0.05) is 19.0 Å². The Hall–Kier alpha value is -0.530. The van der Waals surface area contributed by atoms with Gasteiger partial charge in [-0.2, -0.15) is 0 Å². The molecule has 0 aromatic rings. The maximum Gasteiger partial charge on any atom is 0.0965 e.